The van der Waals surface area contributed by atoms with Crippen molar-refractivity contribution in [3.05, 3.63) is 36.2 Å². The molecule has 2 N–H and O–H groups in total. The summed E-state index contributed by atoms with van der Waals surface area (Å²) in [6.07, 6.45) is 1.10. The molecular weight excluding hydrogens is 234 g/mol. The van der Waals surface area contributed by atoms with Gasteiger partial charge >= 0.3 is 5.97 Å². The Morgan fingerprint density at radius 2 is 2.00 bits per heavy atom. The molecule has 94 valence electrons. The predicted octanol–water partition coefficient (Wildman–Crippen LogP) is 2.18. The highest BCUT2D eigenvalue weighted by Crippen LogP contribution is 2.19. The number of rotatable bonds is 4. The maximum atomic E-state index is 10.6. The van der Waals surface area contributed by atoms with Crippen molar-refractivity contribution in [2.45, 2.75) is 0 Å². The Balaban J connectivity index is 2.10. The zero-order chi connectivity index (χ0) is 13.1. The first kappa shape index (κ1) is 12.0. The molecular formula is C12H13N3O3. The number of nitrogens with one attached hydrogen (secondary N) is 1. The van der Waals surface area contributed by atoms with Gasteiger partial charge in [0.25, 0.3) is 6.01 Å². The van der Waals surface area contributed by atoms with Crippen LogP contribution in [0, 0.1) is 0 Å². The van der Waals surface area contributed by atoms with Crippen molar-refractivity contribution in [2.75, 3.05) is 24.3 Å². The largest absolute Gasteiger partial charge is 0.476 e. The van der Waals surface area contributed by atoms with Gasteiger partial charge in [-0.05, 0) is 24.3 Å². The summed E-state index contributed by atoms with van der Waals surface area (Å²) in [5.74, 6) is -1.12. The smallest absolute Gasteiger partial charge is 0.357 e. The molecule has 18 heavy (non-hydrogen) atoms. The third-order valence-corrected chi connectivity index (χ3v) is 2.36. The molecule has 0 unspecified atom stereocenters. The van der Waals surface area contributed by atoms with Gasteiger partial charge in [-0.2, -0.15) is 4.98 Å². The van der Waals surface area contributed by atoms with Gasteiger partial charge in [0.05, 0.1) is 0 Å². The molecule has 6 heteroatoms. The normalized spacial score (nSPS) is 10.1. The number of aromatic carboxylic acids is 1. The van der Waals surface area contributed by atoms with Crippen molar-refractivity contribution in [3.63, 3.8) is 0 Å². The van der Waals surface area contributed by atoms with E-state index in [0.29, 0.717) is 0 Å². The molecule has 1 aromatic carbocycles. The van der Waals surface area contributed by atoms with Gasteiger partial charge < -0.3 is 19.7 Å². The van der Waals surface area contributed by atoms with Crippen LogP contribution in [0.2, 0.25) is 0 Å². The first-order valence-electron chi connectivity index (χ1n) is 5.29. The highest BCUT2D eigenvalue weighted by molar-refractivity contribution is 5.85. The van der Waals surface area contributed by atoms with Crippen molar-refractivity contribution in [3.8, 4) is 0 Å². The summed E-state index contributed by atoms with van der Waals surface area (Å²) < 4.78 is 4.99. The highest BCUT2D eigenvalue weighted by Gasteiger charge is 2.10. The average Bonchev–Trinajstić information content (AvgIpc) is 2.78. The molecule has 6 nitrogen and oxygen atoms in total. The number of benzene rings is 1. The van der Waals surface area contributed by atoms with Crippen molar-refractivity contribution in [1.29, 1.82) is 0 Å². The number of aromatic nitrogens is 1. The van der Waals surface area contributed by atoms with E-state index >= 15 is 0 Å². The van der Waals surface area contributed by atoms with Gasteiger partial charge in [-0.1, -0.05) is 0 Å². The van der Waals surface area contributed by atoms with E-state index in [9.17, 15) is 4.79 Å². The van der Waals surface area contributed by atoms with Crippen LogP contribution >= 0.6 is 0 Å². The SMILES string of the molecule is CN(C)c1ccc(Nc2nc(C(=O)O)co2)cc1. The number of hydrogen-bond donors (Lipinski definition) is 2. The van der Waals surface area contributed by atoms with Crippen LogP contribution in [0.15, 0.2) is 34.9 Å². The van der Waals surface area contributed by atoms with Gasteiger partial charge in [0.2, 0.25) is 0 Å². The molecule has 2 aromatic rings. The molecule has 1 heterocycles. The summed E-state index contributed by atoms with van der Waals surface area (Å²) in [6.45, 7) is 0. The molecule has 0 aliphatic heterocycles. The van der Waals surface area contributed by atoms with Crippen molar-refractivity contribution < 1.29 is 14.3 Å². The van der Waals surface area contributed by atoms with Crippen LogP contribution in [0.25, 0.3) is 0 Å². The Morgan fingerprint density at radius 3 is 2.50 bits per heavy atom. The number of carbonyl (C=O) groups is 1. The summed E-state index contributed by atoms with van der Waals surface area (Å²) in [4.78, 5) is 16.4. The minimum atomic E-state index is -1.12. The Morgan fingerprint density at radius 1 is 1.33 bits per heavy atom. The zero-order valence-electron chi connectivity index (χ0n) is 10.0. The van der Waals surface area contributed by atoms with E-state index in [-0.39, 0.29) is 11.7 Å². The molecule has 0 bridgehead atoms. The molecule has 0 saturated carbocycles. The number of oxazole rings is 1. The van der Waals surface area contributed by atoms with Gasteiger partial charge in [0.15, 0.2) is 5.69 Å². The second-order valence-electron chi connectivity index (χ2n) is 3.91. The molecule has 0 spiro atoms. The molecule has 0 atom stereocenters. The van der Waals surface area contributed by atoms with E-state index in [1.54, 1.807) is 0 Å². The average molecular weight is 247 g/mol. The standard InChI is InChI=1S/C12H13N3O3/c1-15(2)9-5-3-8(4-6-9)13-12-14-10(7-18-12)11(16)17/h3-7H,1-2H3,(H,13,14)(H,16,17). The Bertz CT molecular complexity index is 546. The fourth-order valence-electron chi connectivity index (χ4n) is 1.40. The van der Waals surface area contributed by atoms with Crippen LogP contribution in [-0.2, 0) is 0 Å². The first-order valence-corrected chi connectivity index (χ1v) is 5.29. The molecule has 1 aromatic heterocycles. The van der Waals surface area contributed by atoms with E-state index in [1.807, 2.05) is 43.3 Å². The van der Waals surface area contributed by atoms with Gasteiger partial charge in [-0.3, -0.25) is 0 Å². The number of hydrogen-bond acceptors (Lipinski definition) is 5. The molecule has 0 radical (unpaired) electrons. The fourth-order valence-corrected chi connectivity index (χ4v) is 1.40. The molecule has 0 amide bonds. The monoisotopic (exact) mass is 247 g/mol. The van der Waals surface area contributed by atoms with Crippen molar-refractivity contribution in [1.82, 2.24) is 4.98 Å². The van der Waals surface area contributed by atoms with Gasteiger partial charge in [0.1, 0.15) is 6.26 Å². The fraction of sp³-hybridized carbons (Fsp3) is 0.167. The van der Waals surface area contributed by atoms with Gasteiger partial charge in [-0.25, -0.2) is 4.79 Å². The van der Waals surface area contributed by atoms with E-state index in [1.165, 1.54) is 0 Å². The molecule has 2 rings (SSSR count). The van der Waals surface area contributed by atoms with E-state index < -0.39 is 5.97 Å². The predicted molar refractivity (Wildman–Crippen MR) is 67.5 cm³/mol. The molecule has 0 aliphatic carbocycles. The summed E-state index contributed by atoms with van der Waals surface area (Å²) >= 11 is 0. The number of nitrogens with zero attached hydrogens (tertiary/aromatic N) is 2. The first-order chi connectivity index (χ1) is 8.56. The lowest BCUT2D eigenvalue weighted by molar-refractivity contribution is 0.0690. The summed E-state index contributed by atoms with van der Waals surface area (Å²) in [6, 6.07) is 7.75. The molecule has 0 fully saturated rings. The van der Waals surface area contributed by atoms with Crippen LogP contribution in [0.3, 0.4) is 0 Å². The third kappa shape index (κ3) is 2.60. The third-order valence-electron chi connectivity index (χ3n) is 2.36. The topological polar surface area (TPSA) is 78.6 Å². The quantitative estimate of drug-likeness (QED) is 0.862. The summed E-state index contributed by atoms with van der Waals surface area (Å²) in [5.41, 5.74) is 1.72. The van der Waals surface area contributed by atoms with Crippen LogP contribution in [0.4, 0.5) is 17.4 Å². The van der Waals surface area contributed by atoms with Crippen LogP contribution in [0.5, 0.6) is 0 Å². The van der Waals surface area contributed by atoms with E-state index in [2.05, 4.69) is 10.3 Å². The van der Waals surface area contributed by atoms with Crippen LogP contribution in [-0.4, -0.2) is 30.2 Å². The van der Waals surface area contributed by atoms with Gasteiger partial charge in [-0.15, -0.1) is 0 Å². The summed E-state index contributed by atoms with van der Waals surface area (Å²) in [5, 5.41) is 11.6. The van der Waals surface area contributed by atoms with Crippen LogP contribution < -0.4 is 10.2 Å². The maximum absolute atomic E-state index is 10.6. The van der Waals surface area contributed by atoms with Crippen molar-refractivity contribution >= 4 is 23.4 Å². The minimum Gasteiger partial charge on any atom is -0.476 e. The lowest BCUT2D eigenvalue weighted by Gasteiger charge is -2.12. The lowest BCUT2D eigenvalue weighted by atomic mass is 10.2. The highest BCUT2D eigenvalue weighted by atomic mass is 16.4. The minimum absolute atomic E-state index is 0.123. The zero-order valence-corrected chi connectivity index (χ0v) is 10.0. The number of anilines is 3. The maximum Gasteiger partial charge on any atom is 0.357 e. The lowest BCUT2D eigenvalue weighted by Crippen LogP contribution is -2.08. The van der Waals surface area contributed by atoms with Crippen LogP contribution in [0.1, 0.15) is 10.5 Å². The molecule has 0 saturated heterocycles. The molecule has 0 aliphatic rings. The van der Waals surface area contributed by atoms with E-state index in [0.717, 1.165) is 17.6 Å². The number of carboxylic acids is 1. The Kier molecular flexibility index (Phi) is 3.18. The second-order valence-corrected chi connectivity index (χ2v) is 3.91. The number of carboxylic acid groups (broad SMARTS) is 1. The second kappa shape index (κ2) is 4.79. The summed E-state index contributed by atoms with van der Waals surface area (Å²) in [7, 11) is 3.91. The Labute approximate surface area is 104 Å². The van der Waals surface area contributed by atoms with Crippen molar-refractivity contribution in [2.24, 2.45) is 0 Å². The van der Waals surface area contributed by atoms with Gasteiger partial charge in [0, 0.05) is 25.5 Å². The van der Waals surface area contributed by atoms with E-state index in [4.69, 9.17) is 9.52 Å². The Hall–Kier alpha value is -2.50.